The first kappa shape index (κ1) is 14.7. The molecule has 2 aromatic carbocycles. The molecule has 2 aromatic rings. The molecule has 0 fully saturated rings. The van der Waals surface area contributed by atoms with Crippen molar-refractivity contribution < 1.29 is 4.39 Å². The van der Waals surface area contributed by atoms with Gasteiger partial charge in [-0.05, 0) is 23.1 Å². The van der Waals surface area contributed by atoms with Gasteiger partial charge in [0.15, 0.2) is 0 Å². The molecule has 0 saturated heterocycles. The van der Waals surface area contributed by atoms with Gasteiger partial charge in [-0.25, -0.2) is 4.39 Å². The molecule has 0 saturated carbocycles. The van der Waals surface area contributed by atoms with E-state index in [-0.39, 0.29) is 5.83 Å². The highest BCUT2D eigenvalue weighted by Gasteiger charge is 2.17. The summed E-state index contributed by atoms with van der Waals surface area (Å²) < 4.78 is 14.3. The van der Waals surface area contributed by atoms with Crippen molar-refractivity contribution in [2.24, 2.45) is 0 Å². The molecular formula is C20H20FN. The Morgan fingerprint density at radius 1 is 0.909 bits per heavy atom. The molecule has 0 amide bonds. The number of nitrogens with zero attached hydrogens (tertiary/aromatic N) is 1. The minimum absolute atomic E-state index is 0.00522. The van der Waals surface area contributed by atoms with Gasteiger partial charge in [-0.3, -0.25) is 4.90 Å². The second kappa shape index (κ2) is 7.19. The molecule has 0 atom stereocenters. The van der Waals surface area contributed by atoms with Gasteiger partial charge in [0.1, 0.15) is 5.83 Å². The monoisotopic (exact) mass is 293 g/mol. The first-order chi connectivity index (χ1) is 10.8. The van der Waals surface area contributed by atoms with E-state index in [2.05, 4.69) is 17.0 Å². The van der Waals surface area contributed by atoms with Crippen LogP contribution in [0.5, 0.6) is 0 Å². The highest BCUT2D eigenvalue weighted by Crippen LogP contribution is 2.22. The Kier molecular flexibility index (Phi) is 4.81. The highest BCUT2D eigenvalue weighted by molar-refractivity contribution is 5.53. The minimum Gasteiger partial charge on any atom is -0.292 e. The van der Waals surface area contributed by atoms with Gasteiger partial charge in [0.05, 0.1) is 6.54 Å². The predicted molar refractivity (Wildman–Crippen MR) is 89.9 cm³/mol. The van der Waals surface area contributed by atoms with E-state index in [9.17, 15) is 4.39 Å². The van der Waals surface area contributed by atoms with Crippen molar-refractivity contribution in [1.29, 1.82) is 0 Å². The van der Waals surface area contributed by atoms with E-state index < -0.39 is 0 Å². The SMILES string of the molecule is FC1=C(/C=C/c2ccccc2)CCN(Cc2ccccc2)C1. The van der Waals surface area contributed by atoms with Gasteiger partial charge in [-0.1, -0.05) is 72.8 Å². The summed E-state index contributed by atoms with van der Waals surface area (Å²) in [6.45, 7) is 2.12. The normalized spacial score (nSPS) is 16.4. The van der Waals surface area contributed by atoms with E-state index in [1.807, 2.05) is 60.7 Å². The van der Waals surface area contributed by atoms with Crippen molar-refractivity contribution in [3.05, 3.63) is 89.3 Å². The number of halogens is 1. The molecule has 0 radical (unpaired) electrons. The van der Waals surface area contributed by atoms with Gasteiger partial charge in [-0.15, -0.1) is 0 Å². The third-order valence-electron chi connectivity index (χ3n) is 3.93. The van der Waals surface area contributed by atoms with Crippen LogP contribution in [0.25, 0.3) is 6.08 Å². The molecule has 0 N–H and O–H groups in total. The highest BCUT2D eigenvalue weighted by atomic mass is 19.1. The Morgan fingerprint density at radius 3 is 2.27 bits per heavy atom. The summed E-state index contributed by atoms with van der Waals surface area (Å²) in [5, 5.41) is 0. The first-order valence-electron chi connectivity index (χ1n) is 7.68. The number of hydrogen-bond donors (Lipinski definition) is 0. The summed E-state index contributed by atoms with van der Waals surface area (Å²) in [6, 6.07) is 20.3. The summed E-state index contributed by atoms with van der Waals surface area (Å²) in [6.07, 6.45) is 4.67. The van der Waals surface area contributed by atoms with Gasteiger partial charge in [0.25, 0.3) is 0 Å². The van der Waals surface area contributed by atoms with Crippen LogP contribution in [0.4, 0.5) is 4.39 Å². The maximum absolute atomic E-state index is 14.3. The Hall–Kier alpha value is -2.19. The molecule has 0 unspecified atom stereocenters. The Morgan fingerprint density at radius 2 is 1.59 bits per heavy atom. The van der Waals surface area contributed by atoms with Crippen molar-refractivity contribution in [2.45, 2.75) is 13.0 Å². The third-order valence-corrected chi connectivity index (χ3v) is 3.93. The van der Waals surface area contributed by atoms with Crippen LogP contribution in [0.2, 0.25) is 0 Å². The summed E-state index contributed by atoms with van der Waals surface area (Å²) >= 11 is 0. The van der Waals surface area contributed by atoms with Gasteiger partial charge in [-0.2, -0.15) is 0 Å². The molecular weight excluding hydrogens is 273 g/mol. The zero-order valence-corrected chi connectivity index (χ0v) is 12.6. The van der Waals surface area contributed by atoms with Crippen molar-refractivity contribution in [1.82, 2.24) is 4.90 Å². The predicted octanol–water partition coefficient (Wildman–Crippen LogP) is 4.83. The summed E-state index contributed by atoms with van der Waals surface area (Å²) in [5.74, 6) is -0.00522. The molecule has 1 aliphatic heterocycles. The van der Waals surface area contributed by atoms with Crippen LogP contribution in [0.3, 0.4) is 0 Å². The van der Waals surface area contributed by atoms with E-state index in [4.69, 9.17) is 0 Å². The lowest BCUT2D eigenvalue weighted by molar-refractivity contribution is 0.255. The first-order valence-corrected chi connectivity index (χ1v) is 7.68. The second-order valence-electron chi connectivity index (χ2n) is 5.62. The fourth-order valence-corrected chi connectivity index (χ4v) is 2.70. The fourth-order valence-electron chi connectivity index (χ4n) is 2.70. The van der Waals surface area contributed by atoms with Crippen LogP contribution in [-0.4, -0.2) is 18.0 Å². The van der Waals surface area contributed by atoms with E-state index in [0.717, 1.165) is 30.6 Å². The summed E-state index contributed by atoms with van der Waals surface area (Å²) in [5.41, 5.74) is 3.17. The average molecular weight is 293 g/mol. The van der Waals surface area contributed by atoms with Crippen LogP contribution in [0, 0.1) is 0 Å². The molecule has 112 valence electrons. The molecule has 0 aromatic heterocycles. The van der Waals surface area contributed by atoms with Gasteiger partial charge in [0.2, 0.25) is 0 Å². The zero-order valence-electron chi connectivity index (χ0n) is 12.6. The van der Waals surface area contributed by atoms with E-state index in [1.54, 1.807) is 0 Å². The van der Waals surface area contributed by atoms with Gasteiger partial charge < -0.3 is 0 Å². The van der Waals surface area contributed by atoms with Crippen molar-refractivity contribution in [3.63, 3.8) is 0 Å². The Labute approximate surface area is 131 Å². The van der Waals surface area contributed by atoms with Crippen LogP contribution in [0.15, 0.2) is 78.1 Å². The molecule has 1 aliphatic rings. The molecule has 3 rings (SSSR count). The second-order valence-corrected chi connectivity index (χ2v) is 5.62. The fraction of sp³-hybridized carbons (Fsp3) is 0.200. The minimum atomic E-state index is -0.00522. The van der Waals surface area contributed by atoms with E-state index in [1.165, 1.54) is 5.56 Å². The number of hydrogen-bond acceptors (Lipinski definition) is 1. The molecule has 0 spiro atoms. The molecule has 1 heterocycles. The largest absolute Gasteiger partial charge is 0.292 e. The zero-order chi connectivity index (χ0) is 15.2. The molecule has 2 heteroatoms. The number of allylic oxidation sites excluding steroid dienone is 1. The quantitative estimate of drug-likeness (QED) is 0.780. The smallest absolute Gasteiger partial charge is 0.117 e. The lowest BCUT2D eigenvalue weighted by Crippen LogP contribution is -2.30. The van der Waals surface area contributed by atoms with Crippen molar-refractivity contribution >= 4 is 6.08 Å². The van der Waals surface area contributed by atoms with E-state index >= 15 is 0 Å². The Bertz CT molecular complexity index is 659. The van der Waals surface area contributed by atoms with Crippen molar-refractivity contribution in [3.8, 4) is 0 Å². The lowest BCUT2D eigenvalue weighted by Gasteiger charge is -2.26. The summed E-state index contributed by atoms with van der Waals surface area (Å²) in [7, 11) is 0. The molecule has 22 heavy (non-hydrogen) atoms. The van der Waals surface area contributed by atoms with Crippen LogP contribution >= 0.6 is 0 Å². The third kappa shape index (κ3) is 3.92. The van der Waals surface area contributed by atoms with Crippen LogP contribution in [0.1, 0.15) is 17.5 Å². The summed E-state index contributed by atoms with van der Waals surface area (Å²) in [4.78, 5) is 2.16. The number of rotatable bonds is 4. The molecule has 0 aliphatic carbocycles. The van der Waals surface area contributed by atoms with Crippen LogP contribution in [-0.2, 0) is 6.54 Å². The lowest BCUT2D eigenvalue weighted by atomic mass is 10.0. The maximum Gasteiger partial charge on any atom is 0.117 e. The maximum atomic E-state index is 14.3. The van der Waals surface area contributed by atoms with Crippen LogP contribution < -0.4 is 0 Å². The average Bonchev–Trinajstić information content (AvgIpc) is 2.56. The topological polar surface area (TPSA) is 3.24 Å². The number of benzene rings is 2. The van der Waals surface area contributed by atoms with E-state index in [0.29, 0.717) is 6.54 Å². The standard InChI is InChI=1S/C20H20FN/c21-20-16-22(15-18-9-5-2-6-10-18)14-13-19(20)12-11-17-7-3-1-4-8-17/h1-12H,13-16H2/b12-11+. The molecule has 0 bridgehead atoms. The Balaban J connectivity index is 1.63. The van der Waals surface area contributed by atoms with Gasteiger partial charge in [0, 0.05) is 13.1 Å². The van der Waals surface area contributed by atoms with Crippen molar-refractivity contribution in [2.75, 3.05) is 13.1 Å². The van der Waals surface area contributed by atoms with Gasteiger partial charge >= 0.3 is 0 Å². The molecule has 1 nitrogen and oxygen atoms in total.